The molecule has 0 saturated carbocycles. The van der Waals surface area contributed by atoms with Crippen molar-refractivity contribution < 1.29 is 4.74 Å². The number of unbranched alkanes of at least 4 members (excludes halogenated alkanes) is 1. The van der Waals surface area contributed by atoms with E-state index < -0.39 is 0 Å². The number of pyridine rings is 1. The number of rotatable bonds is 10. The zero-order valence-electron chi connectivity index (χ0n) is 12.6. The van der Waals surface area contributed by atoms with Crippen molar-refractivity contribution >= 4 is 0 Å². The molecular formula is C16H28N2O. The maximum atomic E-state index is 5.79. The summed E-state index contributed by atoms with van der Waals surface area (Å²) in [6.07, 6.45) is 6.98. The van der Waals surface area contributed by atoms with Gasteiger partial charge in [-0.1, -0.05) is 39.2 Å². The Bertz CT molecular complexity index is 324. The molecule has 0 aromatic carbocycles. The quantitative estimate of drug-likeness (QED) is 0.702. The molecule has 3 heteroatoms. The minimum Gasteiger partial charge on any atom is -0.375 e. The van der Waals surface area contributed by atoms with Crippen LogP contribution in [0.2, 0.25) is 0 Å². The van der Waals surface area contributed by atoms with E-state index in [9.17, 15) is 0 Å². The highest BCUT2D eigenvalue weighted by Gasteiger charge is 2.06. The molecule has 0 saturated heterocycles. The summed E-state index contributed by atoms with van der Waals surface area (Å²) in [7, 11) is 1.94. The lowest BCUT2D eigenvalue weighted by atomic mass is 10.0. The smallest absolute Gasteiger partial charge is 0.0887 e. The Kier molecular flexibility index (Phi) is 8.43. The highest BCUT2D eigenvalue weighted by Crippen LogP contribution is 2.13. The van der Waals surface area contributed by atoms with Gasteiger partial charge in [-0.2, -0.15) is 0 Å². The van der Waals surface area contributed by atoms with Crippen LogP contribution in [0.1, 0.15) is 50.8 Å². The van der Waals surface area contributed by atoms with Gasteiger partial charge in [0, 0.05) is 19.3 Å². The third-order valence-corrected chi connectivity index (χ3v) is 3.41. The second-order valence-electron chi connectivity index (χ2n) is 5.12. The molecule has 0 aliphatic carbocycles. The maximum Gasteiger partial charge on any atom is 0.0887 e. The molecule has 1 aromatic rings. The molecule has 1 unspecified atom stereocenters. The Balaban J connectivity index is 2.27. The van der Waals surface area contributed by atoms with Gasteiger partial charge in [0.2, 0.25) is 0 Å². The molecule has 0 fully saturated rings. The molecule has 1 atom stereocenters. The summed E-state index contributed by atoms with van der Waals surface area (Å²) < 4.78 is 5.79. The van der Waals surface area contributed by atoms with Crippen molar-refractivity contribution in [2.45, 2.75) is 52.7 Å². The van der Waals surface area contributed by atoms with Crippen LogP contribution in [0.3, 0.4) is 0 Å². The fourth-order valence-corrected chi connectivity index (χ4v) is 2.08. The minimum absolute atomic E-state index is 0.627. The van der Waals surface area contributed by atoms with Gasteiger partial charge in [-0.25, -0.2) is 0 Å². The van der Waals surface area contributed by atoms with E-state index in [0.29, 0.717) is 12.5 Å². The number of ether oxygens (including phenoxy) is 1. The van der Waals surface area contributed by atoms with Crippen LogP contribution in [0.25, 0.3) is 0 Å². The third-order valence-electron chi connectivity index (χ3n) is 3.41. The van der Waals surface area contributed by atoms with Gasteiger partial charge in [0.1, 0.15) is 0 Å². The molecule has 0 radical (unpaired) electrons. The summed E-state index contributed by atoms with van der Waals surface area (Å²) in [5.74, 6) is 0.698. The number of aromatic nitrogens is 1. The standard InChI is InChI=1S/C16H28N2O/c1-4-6-7-14(5-2)12-19-13-16-9-8-15(10-17-3)11-18-16/h8-9,11,14,17H,4-7,10,12-13H2,1-3H3. The van der Waals surface area contributed by atoms with Crippen molar-refractivity contribution in [2.75, 3.05) is 13.7 Å². The fourth-order valence-electron chi connectivity index (χ4n) is 2.08. The second kappa shape index (κ2) is 9.93. The lowest BCUT2D eigenvalue weighted by Crippen LogP contribution is -2.10. The van der Waals surface area contributed by atoms with Crippen LogP contribution in [-0.2, 0) is 17.9 Å². The van der Waals surface area contributed by atoms with Gasteiger partial charge in [-0.05, 0) is 31.0 Å². The average molecular weight is 264 g/mol. The van der Waals surface area contributed by atoms with Gasteiger partial charge in [0.05, 0.1) is 12.3 Å². The highest BCUT2D eigenvalue weighted by molar-refractivity contribution is 5.13. The van der Waals surface area contributed by atoms with Crippen LogP contribution < -0.4 is 5.32 Å². The number of nitrogens with zero attached hydrogens (tertiary/aromatic N) is 1. The van der Waals surface area contributed by atoms with Gasteiger partial charge >= 0.3 is 0 Å². The number of hydrogen-bond acceptors (Lipinski definition) is 3. The third kappa shape index (κ3) is 6.69. The van der Waals surface area contributed by atoms with Crippen LogP contribution in [0.4, 0.5) is 0 Å². The summed E-state index contributed by atoms with van der Waals surface area (Å²) in [6, 6.07) is 4.16. The van der Waals surface area contributed by atoms with Crippen molar-refractivity contribution in [1.82, 2.24) is 10.3 Å². The molecule has 0 aliphatic heterocycles. The fraction of sp³-hybridized carbons (Fsp3) is 0.688. The molecule has 1 N–H and O–H groups in total. The zero-order valence-corrected chi connectivity index (χ0v) is 12.6. The summed E-state index contributed by atoms with van der Waals surface area (Å²) in [6.45, 7) is 6.83. The summed E-state index contributed by atoms with van der Waals surface area (Å²) >= 11 is 0. The largest absolute Gasteiger partial charge is 0.375 e. The van der Waals surface area contributed by atoms with E-state index in [2.05, 4.69) is 36.3 Å². The van der Waals surface area contributed by atoms with Crippen LogP contribution in [0.15, 0.2) is 18.3 Å². The first-order chi connectivity index (χ1) is 9.30. The number of hydrogen-bond donors (Lipinski definition) is 1. The lowest BCUT2D eigenvalue weighted by molar-refractivity contribution is 0.0799. The predicted octanol–water partition coefficient (Wildman–Crippen LogP) is 3.53. The maximum absolute atomic E-state index is 5.79. The van der Waals surface area contributed by atoms with Crippen molar-refractivity contribution in [3.63, 3.8) is 0 Å². The summed E-state index contributed by atoms with van der Waals surface area (Å²) in [5.41, 5.74) is 2.23. The first kappa shape index (κ1) is 16.1. The molecule has 0 spiro atoms. The summed E-state index contributed by atoms with van der Waals surface area (Å²) in [5, 5.41) is 3.12. The van der Waals surface area contributed by atoms with Crippen molar-refractivity contribution in [3.05, 3.63) is 29.6 Å². The van der Waals surface area contributed by atoms with Crippen molar-refractivity contribution in [1.29, 1.82) is 0 Å². The Morgan fingerprint density at radius 1 is 1.32 bits per heavy atom. The highest BCUT2D eigenvalue weighted by atomic mass is 16.5. The monoisotopic (exact) mass is 264 g/mol. The predicted molar refractivity (Wildman–Crippen MR) is 80.0 cm³/mol. The second-order valence-corrected chi connectivity index (χ2v) is 5.12. The molecule has 1 rings (SSSR count). The van der Waals surface area contributed by atoms with Gasteiger partial charge in [0.25, 0.3) is 0 Å². The molecule has 19 heavy (non-hydrogen) atoms. The molecule has 0 aliphatic rings. The normalized spacial score (nSPS) is 12.6. The van der Waals surface area contributed by atoms with E-state index in [1.54, 1.807) is 0 Å². The van der Waals surface area contributed by atoms with E-state index in [-0.39, 0.29) is 0 Å². The van der Waals surface area contributed by atoms with Gasteiger partial charge in [-0.3, -0.25) is 4.98 Å². The zero-order chi connectivity index (χ0) is 13.9. The van der Waals surface area contributed by atoms with Crippen LogP contribution in [-0.4, -0.2) is 18.6 Å². The SMILES string of the molecule is CCCCC(CC)COCc1ccc(CNC)cn1. The first-order valence-electron chi connectivity index (χ1n) is 7.46. The minimum atomic E-state index is 0.627. The van der Waals surface area contributed by atoms with Gasteiger partial charge < -0.3 is 10.1 Å². The molecule has 1 aromatic heterocycles. The van der Waals surface area contributed by atoms with E-state index in [0.717, 1.165) is 18.8 Å². The van der Waals surface area contributed by atoms with Crippen LogP contribution in [0.5, 0.6) is 0 Å². The molecule has 0 amide bonds. The molecule has 3 nitrogen and oxygen atoms in total. The van der Waals surface area contributed by atoms with Gasteiger partial charge in [-0.15, -0.1) is 0 Å². The lowest BCUT2D eigenvalue weighted by Gasteiger charge is -2.14. The number of nitrogens with one attached hydrogen (secondary N) is 1. The van der Waals surface area contributed by atoms with E-state index in [4.69, 9.17) is 4.74 Å². The first-order valence-corrected chi connectivity index (χ1v) is 7.46. The molecular weight excluding hydrogens is 236 g/mol. The molecule has 0 bridgehead atoms. The van der Waals surface area contributed by atoms with E-state index in [1.807, 2.05) is 13.2 Å². The Hall–Kier alpha value is -0.930. The van der Waals surface area contributed by atoms with Crippen LogP contribution >= 0.6 is 0 Å². The molecule has 1 heterocycles. The topological polar surface area (TPSA) is 34.1 Å². The summed E-state index contributed by atoms with van der Waals surface area (Å²) in [4.78, 5) is 4.42. The Labute approximate surface area is 117 Å². The average Bonchev–Trinajstić information content (AvgIpc) is 2.44. The Morgan fingerprint density at radius 2 is 2.16 bits per heavy atom. The van der Waals surface area contributed by atoms with Gasteiger partial charge in [0.15, 0.2) is 0 Å². The Morgan fingerprint density at radius 3 is 2.74 bits per heavy atom. The van der Waals surface area contributed by atoms with E-state index >= 15 is 0 Å². The molecule has 108 valence electrons. The van der Waals surface area contributed by atoms with E-state index in [1.165, 1.54) is 31.2 Å². The van der Waals surface area contributed by atoms with Crippen molar-refractivity contribution in [2.24, 2.45) is 5.92 Å². The van der Waals surface area contributed by atoms with Crippen LogP contribution in [0, 0.1) is 5.92 Å². The van der Waals surface area contributed by atoms with Crippen molar-refractivity contribution in [3.8, 4) is 0 Å².